The summed E-state index contributed by atoms with van der Waals surface area (Å²) in [7, 11) is 12.3. The summed E-state index contributed by atoms with van der Waals surface area (Å²) in [5.41, 5.74) is 4.81. The number of nitrogens with two attached hydrogens (primary N) is 1. The number of nitrogens with zero attached hydrogens (tertiary/aromatic N) is 3. The fourth-order valence-electron chi connectivity index (χ4n) is 21.2. The van der Waals surface area contributed by atoms with Gasteiger partial charge in [-0.1, -0.05) is 148 Å². The summed E-state index contributed by atoms with van der Waals surface area (Å²) < 4.78 is 160. The summed E-state index contributed by atoms with van der Waals surface area (Å²) in [5, 5.41) is 1.97. The zero-order chi connectivity index (χ0) is 95.5. The number of pyridine rings is 2. The predicted octanol–water partition coefficient (Wildman–Crippen LogP) is 0.830. The van der Waals surface area contributed by atoms with Gasteiger partial charge in [0.15, 0.2) is 11.4 Å². The third-order valence-corrected chi connectivity index (χ3v) is 29.8. The Morgan fingerprint density at radius 2 is 0.739 bits per heavy atom. The highest BCUT2D eigenvalue weighted by Crippen LogP contribution is 2.48. The van der Waals surface area contributed by atoms with E-state index < -0.39 is 67.6 Å². The lowest BCUT2D eigenvalue weighted by molar-refractivity contribution is -0.823. The SMILES string of the molecule is C[N+]1(C)CCO[B-]12Oc1ccccc1O2.C[NH+]1CCO[B-]12OC(C)(C)C(C)(C)O2.C[NH+]1CCO[B-]12OCCO2.C[NH+]1CCO[B-]12Oc1ccc(C(C)(C)C)cc1O2.C[NH+]1CCO[B-]12Oc1ccccc1O2.c1cc[n+]2c(c1)CO[B-]21OCCO1.c1ccc(C2(c3ccccc3)O[B-]3(OCCO3)[NH+]3CCC[C@H]32)cc1.c1ccc2c(c1)O[B-]1(OCc3cccc[n+]31)O2.c1ccc2c(c1)O[B-]1([NH2+]CCO1)O2. The third-order valence-electron chi connectivity index (χ3n) is 29.8. The van der Waals surface area contributed by atoms with E-state index >= 15 is 0 Å². The summed E-state index contributed by atoms with van der Waals surface area (Å²) in [6.45, 7) is 15.8. The smallest absolute Gasteiger partial charge is 0.601 e. The van der Waals surface area contributed by atoms with E-state index in [1.54, 1.807) is 0 Å². The Kier molecular flexibility index (Phi) is 26.5. The Hall–Kier alpha value is -9.54. The molecule has 7 atom stereocenters. The van der Waals surface area contributed by atoms with E-state index in [9.17, 15) is 0 Å². The largest absolute Gasteiger partial charge is 0.819 e. The van der Waals surface area contributed by atoms with Crippen molar-refractivity contribution in [2.75, 3.05) is 167 Å². The van der Waals surface area contributed by atoms with Crippen molar-refractivity contribution < 1.29 is 168 Å². The molecular formula is C93H130B9N9O27. The molecule has 19 aliphatic heterocycles. The molecule has 21 heterocycles. The molecule has 6 unspecified atom stereocenters. The van der Waals surface area contributed by atoms with Crippen LogP contribution < -0.4 is 84.8 Å². The Labute approximate surface area is 806 Å². The van der Waals surface area contributed by atoms with Gasteiger partial charge in [-0.3, -0.25) is 0 Å². The molecule has 12 fully saturated rings. The minimum absolute atomic E-state index is 0.108. The van der Waals surface area contributed by atoms with E-state index in [0.717, 1.165) is 144 Å². The lowest BCUT2D eigenvalue weighted by atomic mass is 9.79. The topological polar surface area (TPSA) is 296 Å². The van der Waals surface area contributed by atoms with Crippen LogP contribution in [0, 0.1) is 0 Å². The Morgan fingerprint density at radius 3 is 1.18 bits per heavy atom. The molecule has 36 nitrogen and oxygen atoms in total. The number of hydrogen-bond donors (Lipinski definition) is 6. The Morgan fingerprint density at radius 1 is 0.348 bits per heavy atom. The molecule has 0 saturated carbocycles. The maximum Gasteiger partial charge on any atom is 0.819 e. The van der Waals surface area contributed by atoms with Gasteiger partial charge in [-0.05, 0) is 129 Å². The van der Waals surface area contributed by atoms with Gasteiger partial charge in [-0.25, -0.2) is 0 Å². The number of para-hydroxylation sites is 8. The highest BCUT2D eigenvalue weighted by Gasteiger charge is 2.70. The molecule has 7 N–H and O–H groups in total. The number of quaternary nitrogens is 7. The lowest BCUT2D eigenvalue weighted by Crippen LogP contribution is -3.23. The normalized spacial score (nSPS) is 27.7. The van der Waals surface area contributed by atoms with Gasteiger partial charge in [0.05, 0.1) is 109 Å². The summed E-state index contributed by atoms with van der Waals surface area (Å²) in [5.74, 6) is 7.77. The van der Waals surface area contributed by atoms with E-state index in [0.29, 0.717) is 89.7 Å². The first kappa shape index (κ1) is 96.0. The molecule has 0 amide bonds. The summed E-state index contributed by atoms with van der Waals surface area (Å²) in [6, 6.07) is 70.1. The zero-order valence-corrected chi connectivity index (χ0v) is 81.3. The van der Waals surface area contributed by atoms with Gasteiger partial charge in [0.2, 0.25) is 0 Å². The summed E-state index contributed by atoms with van der Waals surface area (Å²) in [6.07, 6.45) is 6.16. The van der Waals surface area contributed by atoms with E-state index in [1.165, 1.54) is 37.5 Å². The molecule has 12 saturated heterocycles. The first-order chi connectivity index (χ1) is 66.5. The van der Waals surface area contributed by atoms with Crippen LogP contribution in [0.4, 0.5) is 0 Å². The van der Waals surface area contributed by atoms with Gasteiger partial charge in [-0.2, -0.15) is 0 Å². The minimum atomic E-state index is -1.88. The van der Waals surface area contributed by atoms with Crippen molar-refractivity contribution in [3.05, 3.63) is 253 Å². The summed E-state index contributed by atoms with van der Waals surface area (Å²) in [4.78, 5) is 6.08. The molecule has 45 heteroatoms. The fraction of sp³-hybridized carbons (Fsp3) is 0.441. The molecule has 9 aromatic rings. The highest BCUT2D eigenvalue weighted by molar-refractivity contribution is 6.57. The van der Waals surface area contributed by atoms with Crippen LogP contribution in [-0.4, -0.2) is 251 Å². The molecule has 7 aromatic carbocycles. The molecule has 28 rings (SSSR count). The van der Waals surface area contributed by atoms with Gasteiger partial charge in [0.1, 0.15) is 75.5 Å². The Bertz CT molecular complexity index is 5620. The zero-order valence-electron chi connectivity index (χ0n) is 81.3. The second-order valence-electron chi connectivity index (χ2n) is 40.6. The van der Waals surface area contributed by atoms with Crippen LogP contribution >= 0.6 is 0 Å². The van der Waals surface area contributed by atoms with Crippen LogP contribution in [0.5, 0.6) is 57.5 Å². The molecule has 138 heavy (non-hydrogen) atoms. The van der Waals surface area contributed by atoms with Gasteiger partial charge >= 0.3 is 62.0 Å². The van der Waals surface area contributed by atoms with Crippen LogP contribution in [-0.2, 0) is 103 Å². The molecule has 736 valence electrons. The first-order valence-electron chi connectivity index (χ1n) is 49.1. The van der Waals surface area contributed by atoms with E-state index in [4.69, 9.17) is 126 Å². The fourth-order valence-corrected chi connectivity index (χ4v) is 21.2. The molecule has 0 bridgehead atoms. The van der Waals surface area contributed by atoms with Crippen molar-refractivity contribution in [1.29, 1.82) is 0 Å². The van der Waals surface area contributed by atoms with Crippen molar-refractivity contribution in [2.45, 2.75) is 103 Å². The quantitative estimate of drug-likeness (QED) is 0.131. The molecule has 0 aliphatic carbocycles. The van der Waals surface area contributed by atoms with Gasteiger partial charge in [0.25, 0.3) is 0 Å². The monoisotopic (exact) mass is 1900 g/mol. The number of aromatic nitrogens is 2. The van der Waals surface area contributed by atoms with Crippen LogP contribution in [0.25, 0.3) is 0 Å². The predicted molar refractivity (Wildman–Crippen MR) is 509 cm³/mol. The van der Waals surface area contributed by atoms with Crippen molar-refractivity contribution in [3.8, 4) is 57.5 Å². The van der Waals surface area contributed by atoms with Crippen molar-refractivity contribution in [3.63, 3.8) is 0 Å². The maximum absolute atomic E-state index is 6.82. The van der Waals surface area contributed by atoms with Gasteiger partial charge in [-0.15, -0.1) is 0 Å². The molecule has 2 aromatic heterocycles. The van der Waals surface area contributed by atoms with E-state index in [1.807, 2.05) is 187 Å². The van der Waals surface area contributed by atoms with Gasteiger partial charge < -0.3 is 168 Å². The average Bonchev–Trinajstić information content (AvgIpc) is 1.53. The third kappa shape index (κ3) is 18.1. The van der Waals surface area contributed by atoms with Gasteiger partial charge in [0, 0.05) is 107 Å². The molecule has 0 radical (unpaired) electrons. The number of fused-ring (bicyclic) bond motifs is 11. The van der Waals surface area contributed by atoms with Crippen LogP contribution in [0.1, 0.15) is 89.4 Å². The van der Waals surface area contributed by atoms with E-state index in [2.05, 4.69) is 142 Å². The molecule has 9 spiro atoms. The second kappa shape index (κ2) is 38.1. The number of rotatable bonds is 2. The van der Waals surface area contributed by atoms with Crippen molar-refractivity contribution in [1.82, 2.24) is 0 Å². The maximum atomic E-state index is 6.82. The molecule has 19 aliphatic rings. The average molecular weight is 1900 g/mol. The lowest BCUT2D eigenvalue weighted by Gasteiger charge is -2.41. The minimum Gasteiger partial charge on any atom is -0.601 e. The first-order valence-corrected chi connectivity index (χ1v) is 49.1. The van der Waals surface area contributed by atoms with Crippen LogP contribution in [0.3, 0.4) is 0 Å². The second-order valence-corrected chi connectivity index (χ2v) is 40.6. The standard InChI is InChI=1S/C19H22BNO3.C13H20BNO3.C12H10BNO3.C10H14BNO3.C9H12BNO3.C9H20BNO3.2C8H10BNO3.C5H12BNO3/c1-3-8-16(9-4-1)19(17-10-5-2-6-11-17)18-12-7-13-21(18)20(24-19)22-14-15-23-20;1-13(2,3)10-5-6-11-12(9-10)18-14(17-11)15(4)7-8-16-14;1-2-7-12-11(6-1)16-13(17-12)14-8-4-3-5-10(14)9-15-13;1-12(2)7-8-13-11(12)14-9-5-3-4-6-10(9)15-11;1-11-6-7-12-10(11)13-8-4-2-3-5-9(8)14-10;1-8(2)9(3,4)14-10(13-8)11(5)6-7-12-10;1-2-4-10-8(3-1)7-13-9(10)11-5-6-12-9;1-2-4-8-7(3-1)12-9(13-8)10-5-6-11-9;1-7-2-3-8-6(7)9-4-5-10-6/h1-6,8-11,18,21H,7,12-15H2;5-6,9,15H,7-8H2,1-4H3;1-8H,9H2;3-6H,7-8H2,1-2H3;2-5,11H,6-7H2,1H3;11H,6-7H2,1-5H3;1-4H,5-7H2;1-4H,5-6,10H2;7H,2-5H2,1H3/t18-;;;;;;;;/m0......../s1. The number of hydrogen-bond acceptors (Lipinski definition) is 27. The van der Waals surface area contributed by atoms with Crippen molar-refractivity contribution >= 4 is 62.0 Å². The van der Waals surface area contributed by atoms with Crippen molar-refractivity contribution in [2.24, 2.45) is 0 Å². The number of nitrogens with one attached hydrogen (secondary N) is 5. The van der Waals surface area contributed by atoms with E-state index in [-0.39, 0.29) is 16.6 Å². The number of benzene rings is 7. The highest BCUT2D eigenvalue weighted by atomic mass is 16.9. The summed E-state index contributed by atoms with van der Waals surface area (Å²) >= 11 is 0. The molecular weight excluding hydrogens is 1770 g/mol. The van der Waals surface area contributed by atoms with Crippen LogP contribution in [0.2, 0.25) is 0 Å². The Balaban J connectivity index is 0.0000000966. The van der Waals surface area contributed by atoms with Crippen LogP contribution in [0.15, 0.2) is 225 Å². The number of likely N-dealkylation sites (N-methyl/N-ethyl adjacent to an activating group) is 5.